The number of carbonyl (C=O) groups excluding carboxylic acids is 1. The smallest absolute Gasteiger partial charge is 0.329 e. The van der Waals surface area contributed by atoms with Crippen molar-refractivity contribution in [1.82, 2.24) is 0 Å². The minimum Gasteiger partial charge on any atom is -0.466 e. The quantitative estimate of drug-likeness (QED) is 0.339. The fraction of sp³-hybridized carbons (Fsp3) is 0.192. The Morgan fingerprint density at radius 3 is 1.66 bits per heavy atom. The van der Waals surface area contributed by atoms with Gasteiger partial charge in [0, 0.05) is 17.0 Å². The Labute approximate surface area is 172 Å². The van der Waals surface area contributed by atoms with E-state index in [1.807, 2.05) is 0 Å². The van der Waals surface area contributed by atoms with E-state index in [0.717, 1.165) is 0 Å². The second kappa shape index (κ2) is 6.29. The van der Waals surface area contributed by atoms with Crippen LogP contribution in [0.4, 0.5) is 0 Å². The lowest BCUT2D eigenvalue weighted by atomic mass is 9.60. The second-order valence-electron chi connectivity index (χ2n) is 8.52. The molecule has 0 aromatic heterocycles. The van der Waals surface area contributed by atoms with Gasteiger partial charge in [-0.1, -0.05) is 91.6 Å². The van der Waals surface area contributed by atoms with Gasteiger partial charge in [0.2, 0.25) is 0 Å². The van der Waals surface area contributed by atoms with Crippen molar-refractivity contribution in [1.29, 1.82) is 0 Å². The summed E-state index contributed by atoms with van der Waals surface area (Å²) in [5, 5.41) is -0.240. The highest BCUT2D eigenvalue weighted by Gasteiger charge is 2.58. The lowest BCUT2D eigenvalue weighted by Gasteiger charge is -2.56. The molecule has 2 bridgehead atoms. The molecule has 0 unspecified atom stereocenters. The molecule has 0 aliphatic heterocycles. The summed E-state index contributed by atoms with van der Waals surface area (Å²) >= 11 is 0. The Kier molecular flexibility index (Phi) is 3.94. The van der Waals surface area contributed by atoms with E-state index in [1.54, 1.807) is 6.08 Å². The number of carbonyl (C=O) groups is 1. The maximum atomic E-state index is 12.0. The van der Waals surface area contributed by atoms with Crippen LogP contribution in [-0.2, 0) is 14.6 Å². The largest absolute Gasteiger partial charge is 0.466 e. The average molecular weight is 397 g/mol. The summed E-state index contributed by atoms with van der Waals surface area (Å²) in [4.78, 5) is 12.0. The van der Waals surface area contributed by atoms with Crippen molar-refractivity contribution < 1.29 is 9.53 Å². The number of rotatable bonds is 3. The molecule has 3 aliphatic carbocycles. The maximum absolute atomic E-state index is 12.0. The first-order valence-electron chi connectivity index (χ1n) is 10.1. The van der Waals surface area contributed by atoms with E-state index < -0.39 is 8.07 Å². The normalized spacial score (nSPS) is 21.4. The molecular weight excluding hydrogens is 372 g/mol. The van der Waals surface area contributed by atoms with E-state index in [-0.39, 0.29) is 16.9 Å². The van der Waals surface area contributed by atoms with Crippen molar-refractivity contribution >= 4 is 14.0 Å². The van der Waals surface area contributed by atoms with E-state index in [1.165, 1.54) is 40.5 Å². The van der Waals surface area contributed by atoms with Gasteiger partial charge in [-0.2, -0.15) is 0 Å². The summed E-state index contributed by atoms with van der Waals surface area (Å²) in [6.07, 6.45) is 1.63. The molecule has 2 nitrogen and oxygen atoms in total. The SMILES string of the molecule is COC(=O)/C=C\[Si](C)(C)C12c3ccccc3C(c3ccccc31)c1ccccc12. The Morgan fingerprint density at radius 1 is 0.828 bits per heavy atom. The first kappa shape index (κ1) is 18.1. The average Bonchev–Trinajstić information content (AvgIpc) is 2.77. The fourth-order valence-electron chi connectivity index (χ4n) is 5.72. The molecule has 144 valence electrons. The minimum atomic E-state index is -2.23. The standard InChI is InChI=1S/C26H24O2Si/c1-28-24(27)16-17-29(2,3)26-21-13-7-4-10-18(21)25(19-11-5-8-14-22(19)26)20-12-6-9-15-23(20)26/h4-17,25H,1-3H3/b17-16-. The predicted molar refractivity (Wildman–Crippen MR) is 119 cm³/mol. The summed E-state index contributed by atoms with van der Waals surface area (Å²) in [7, 11) is -0.793. The van der Waals surface area contributed by atoms with Gasteiger partial charge in [-0.25, -0.2) is 4.79 Å². The summed E-state index contributed by atoms with van der Waals surface area (Å²) in [6, 6.07) is 26.7. The predicted octanol–water partition coefficient (Wildman–Crippen LogP) is 5.34. The van der Waals surface area contributed by atoms with Crippen LogP contribution in [0.25, 0.3) is 0 Å². The Bertz CT molecular complexity index is 1040. The van der Waals surface area contributed by atoms with Crippen molar-refractivity contribution in [2.45, 2.75) is 24.1 Å². The summed E-state index contributed by atoms with van der Waals surface area (Å²) < 4.78 is 4.91. The highest BCUT2D eigenvalue weighted by Crippen LogP contribution is 2.62. The molecule has 6 rings (SSSR count). The molecule has 0 N–H and O–H groups in total. The molecule has 3 heteroatoms. The molecule has 0 radical (unpaired) electrons. The van der Waals surface area contributed by atoms with Crippen LogP contribution >= 0.6 is 0 Å². The van der Waals surface area contributed by atoms with Gasteiger partial charge in [-0.3, -0.25) is 0 Å². The fourth-order valence-corrected chi connectivity index (χ4v) is 9.29. The minimum absolute atomic E-state index is 0.240. The monoisotopic (exact) mass is 396 g/mol. The number of esters is 1. The third-order valence-electron chi connectivity index (χ3n) is 6.83. The number of ether oxygens (including phenoxy) is 1. The van der Waals surface area contributed by atoms with Gasteiger partial charge in [-0.15, -0.1) is 0 Å². The Hall–Kier alpha value is -2.91. The molecule has 0 saturated heterocycles. The van der Waals surface area contributed by atoms with Gasteiger partial charge in [0.25, 0.3) is 0 Å². The number of hydrogen-bond donors (Lipinski definition) is 0. The van der Waals surface area contributed by atoms with Gasteiger partial charge in [0.1, 0.15) is 0 Å². The van der Waals surface area contributed by atoms with E-state index in [0.29, 0.717) is 0 Å². The molecule has 0 fully saturated rings. The molecule has 3 aromatic rings. The first-order valence-corrected chi connectivity index (χ1v) is 13.2. The third-order valence-corrected chi connectivity index (χ3v) is 10.6. The molecule has 0 spiro atoms. The summed E-state index contributed by atoms with van der Waals surface area (Å²) in [6.45, 7) is 4.73. The van der Waals surface area contributed by atoms with Gasteiger partial charge in [0.15, 0.2) is 0 Å². The van der Waals surface area contributed by atoms with Crippen molar-refractivity contribution in [2.75, 3.05) is 7.11 Å². The van der Waals surface area contributed by atoms with Crippen LogP contribution in [0.15, 0.2) is 84.6 Å². The molecule has 3 aliphatic rings. The highest BCUT2D eigenvalue weighted by atomic mass is 28.3. The highest BCUT2D eigenvalue weighted by molar-refractivity contribution is 6.86. The lowest BCUT2D eigenvalue weighted by Crippen LogP contribution is -2.58. The van der Waals surface area contributed by atoms with Crippen molar-refractivity contribution in [3.63, 3.8) is 0 Å². The number of hydrogen-bond acceptors (Lipinski definition) is 2. The van der Waals surface area contributed by atoms with Gasteiger partial charge < -0.3 is 4.74 Å². The van der Waals surface area contributed by atoms with Crippen LogP contribution in [0.2, 0.25) is 13.1 Å². The zero-order valence-corrected chi connectivity index (χ0v) is 18.0. The van der Waals surface area contributed by atoms with Gasteiger partial charge in [-0.05, 0) is 33.4 Å². The van der Waals surface area contributed by atoms with Gasteiger partial charge in [0.05, 0.1) is 15.2 Å². The maximum Gasteiger partial charge on any atom is 0.329 e. The topological polar surface area (TPSA) is 26.3 Å². The molecule has 29 heavy (non-hydrogen) atoms. The Balaban J connectivity index is 1.92. The number of methoxy groups -OCH3 is 1. The number of benzene rings is 3. The molecular formula is C26H24O2Si. The van der Waals surface area contributed by atoms with Crippen LogP contribution in [0.3, 0.4) is 0 Å². The lowest BCUT2D eigenvalue weighted by molar-refractivity contribution is -0.134. The van der Waals surface area contributed by atoms with Crippen molar-refractivity contribution in [2.24, 2.45) is 0 Å². The van der Waals surface area contributed by atoms with E-state index in [9.17, 15) is 4.79 Å². The molecule has 0 atom stereocenters. The summed E-state index contributed by atoms with van der Waals surface area (Å²) in [5.41, 5.74) is 10.6. The van der Waals surface area contributed by atoms with Gasteiger partial charge >= 0.3 is 5.97 Å². The molecule has 0 heterocycles. The van der Waals surface area contributed by atoms with E-state index in [2.05, 4.69) is 91.6 Å². The molecule has 0 saturated carbocycles. The zero-order valence-electron chi connectivity index (χ0n) is 17.0. The van der Waals surface area contributed by atoms with Crippen molar-refractivity contribution in [3.8, 4) is 0 Å². The van der Waals surface area contributed by atoms with E-state index in [4.69, 9.17) is 4.74 Å². The van der Waals surface area contributed by atoms with Crippen LogP contribution in [0.5, 0.6) is 0 Å². The zero-order chi connectivity index (χ0) is 20.2. The third kappa shape index (κ3) is 2.25. The first-order chi connectivity index (χ1) is 14.0. The van der Waals surface area contributed by atoms with Crippen LogP contribution in [0.1, 0.15) is 39.3 Å². The summed E-state index contributed by atoms with van der Waals surface area (Å²) in [5.74, 6) is -0.0174. The van der Waals surface area contributed by atoms with Crippen LogP contribution < -0.4 is 0 Å². The molecule has 3 aromatic carbocycles. The van der Waals surface area contributed by atoms with Crippen LogP contribution in [-0.4, -0.2) is 21.2 Å². The van der Waals surface area contributed by atoms with Crippen molar-refractivity contribution in [3.05, 3.63) is 118 Å². The van der Waals surface area contributed by atoms with E-state index >= 15 is 0 Å². The molecule has 0 amide bonds. The Morgan fingerprint density at radius 2 is 1.24 bits per heavy atom. The second-order valence-corrected chi connectivity index (χ2v) is 13.0. The van der Waals surface area contributed by atoms with Crippen LogP contribution in [0, 0.1) is 0 Å².